The van der Waals surface area contributed by atoms with Gasteiger partial charge in [0.2, 0.25) is 0 Å². The van der Waals surface area contributed by atoms with Crippen molar-refractivity contribution in [2.45, 2.75) is 17.8 Å². The van der Waals surface area contributed by atoms with Gasteiger partial charge in [-0.2, -0.15) is 0 Å². The maximum atomic E-state index is 6.91. The molecule has 2 nitrogen and oxygen atoms in total. The van der Waals surface area contributed by atoms with Crippen molar-refractivity contribution in [2.75, 3.05) is 4.90 Å². The van der Waals surface area contributed by atoms with Gasteiger partial charge in [-0.05, 0) is 116 Å². The van der Waals surface area contributed by atoms with E-state index in [0.29, 0.717) is 0 Å². The molecule has 0 N–H and O–H groups in total. The quantitative estimate of drug-likeness (QED) is 0.159. The van der Waals surface area contributed by atoms with Gasteiger partial charge < -0.3 is 9.32 Å². The number of furan rings is 1. The van der Waals surface area contributed by atoms with Crippen LogP contribution < -0.4 is 4.90 Å². The second-order valence-electron chi connectivity index (χ2n) is 17.7. The molecular weight excluding hydrogens is 787 g/mol. The molecule has 1 heterocycles. The smallest absolute Gasteiger partial charge is 0.159 e. The molecule has 1 unspecified atom stereocenters. The molecule has 0 spiro atoms. The van der Waals surface area contributed by atoms with E-state index in [1.165, 1.54) is 72.3 Å². The Morgan fingerprint density at radius 3 is 1.62 bits per heavy atom. The Kier molecular flexibility index (Phi) is 8.29. The van der Waals surface area contributed by atoms with E-state index in [0.717, 1.165) is 39.0 Å². The van der Waals surface area contributed by atoms with Crippen LogP contribution in [-0.2, 0) is 10.8 Å². The summed E-state index contributed by atoms with van der Waals surface area (Å²) >= 11 is 0. The van der Waals surface area contributed by atoms with E-state index >= 15 is 0 Å². The number of nitrogens with zero attached hydrogens (tertiary/aromatic N) is 1. The zero-order chi connectivity index (χ0) is 43.1. The van der Waals surface area contributed by atoms with Crippen molar-refractivity contribution in [1.29, 1.82) is 0 Å². The van der Waals surface area contributed by atoms with Gasteiger partial charge in [0.15, 0.2) is 5.58 Å². The molecule has 13 rings (SSSR count). The monoisotopic (exact) mass is 829 g/mol. The van der Waals surface area contributed by atoms with Crippen molar-refractivity contribution in [3.05, 3.63) is 282 Å². The van der Waals surface area contributed by atoms with Gasteiger partial charge in [-0.25, -0.2) is 0 Å². The number of para-hydroxylation sites is 2. The SMILES string of the molecule is CC1(c2ccccc2)c2cc(N(c3ccc4c(c3)C(c3ccccc3)(c3ccccc3)c3ccccc3-4)c3cccc4c3oc3ccccc34)ccc2-c2c(-c3ccccc3)cccc21. The standard InChI is InChI=1S/C63H43NO/c1-62(43-22-8-3-9-23-43)55-33-18-30-48(42-20-6-2-7-21-42)60(55)53-39-37-46(40-56(53)62)64(58-34-19-31-52-51-29-15-17-35-59(51)65-61(52)58)47-36-38-50-49-28-14-16-32-54(49)63(57(50)41-47,44-24-10-4-11-25-44)45-26-12-5-13-27-45/h2-41H,1H3. The summed E-state index contributed by atoms with van der Waals surface area (Å²) in [6, 6.07) is 89.1. The van der Waals surface area contributed by atoms with Gasteiger partial charge in [0.25, 0.3) is 0 Å². The molecule has 306 valence electrons. The summed E-state index contributed by atoms with van der Waals surface area (Å²) in [5.41, 5.74) is 20.3. The summed E-state index contributed by atoms with van der Waals surface area (Å²) in [6.45, 7) is 2.41. The molecule has 2 aliphatic rings. The molecule has 0 saturated heterocycles. The van der Waals surface area contributed by atoms with Crippen LogP contribution in [0.25, 0.3) is 55.3 Å². The van der Waals surface area contributed by atoms with Crippen LogP contribution in [0.4, 0.5) is 17.1 Å². The third kappa shape index (κ3) is 5.35. The van der Waals surface area contributed by atoms with Gasteiger partial charge in [-0.3, -0.25) is 0 Å². The first kappa shape index (κ1) is 37.4. The summed E-state index contributed by atoms with van der Waals surface area (Å²) in [6.07, 6.45) is 0. The number of rotatable bonds is 7. The first-order valence-corrected chi connectivity index (χ1v) is 22.6. The third-order valence-corrected chi connectivity index (χ3v) is 14.4. The first-order chi connectivity index (χ1) is 32.1. The summed E-state index contributed by atoms with van der Waals surface area (Å²) < 4.78 is 6.91. The van der Waals surface area contributed by atoms with E-state index in [1.54, 1.807) is 0 Å². The fourth-order valence-corrected chi connectivity index (χ4v) is 11.6. The molecule has 2 aliphatic carbocycles. The van der Waals surface area contributed by atoms with E-state index in [1.807, 2.05) is 0 Å². The zero-order valence-corrected chi connectivity index (χ0v) is 35.9. The lowest BCUT2D eigenvalue weighted by Crippen LogP contribution is -2.28. The van der Waals surface area contributed by atoms with Crippen molar-refractivity contribution in [3.8, 4) is 33.4 Å². The lowest BCUT2D eigenvalue weighted by atomic mass is 9.67. The minimum absolute atomic E-state index is 0.431. The van der Waals surface area contributed by atoms with E-state index in [2.05, 4.69) is 254 Å². The second kappa shape index (κ2) is 14.4. The van der Waals surface area contributed by atoms with E-state index in [4.69, 9.17) is 4.42 Å². The van der Waals surface area contributed by atoms with Gasteiger partial charge in [-0.15, -0.1) is 0 Å². The van der Waals surface area contributed by atoms with Crippen LogP contribution in [0.5, 0.6) is 0 Å². The molecular formula is C63H43NO. The van der Waals surface area contributed by atoms with E-state index in [9.17, 15) is 0 Å². The maximum Gasteiger partial charge on any atom is 0.159 e. The van der Waals surface area contributed by atoms with Crippen LogP contribution in [0, 0.1) is 0 Å². The third-order valence-electron chi connectivity index (χ3n) is 14.4. The first-order valence-electron chi connectivity index (χ1n) is 22.6. The molecule has 0 radical (unpaired) electrons. The second-order valence-corrected chi connectivity index (χ2v) is 17.7. The van der Waals surface area contributed by atoms with Crippen LogP contribution in [0.15, 0.2) is 247 Å². The summed E-state index contributed by atoms with van der Waals surface area (Å²) in [5, 5.41) is 2.20. The van der Waals surface area contributed by atoms with E-state index < -0.39 is 10.8 Å². The predicted molar refractivity (Wildman–Crippen MR) is 269 cm³/mol. The number of benzene rings is 10. The molecule has 0 bridgehead atoms. The minimum atomic E-state index is -0.555. The number of hydrogen-bond acceptors (Lipinski definition) is 2. The number of fused-ring (bicyclic) bond motifs is 9. The fourth-order valence-electron chi connectivity index (χ4n) is 11.6. The Labute approximate surface area is 379 Å². The number of anilines is 3. The van der Waals surface area contributed by atoms with E-state index in [-0.39, 0.29) is 0 Å². The zero-order valence-electron chi connectivity index (χ0n) is 35.9. The largest absolute Gasteiger partial charge is 0.454 e. The van der Waals surface area contributed by atoms with Crippen molar-refractivity contribution >= 4 is 39.0 Å². The summed E-state index contributed by atoms with van der Waals surface area (Å²) in [4.78, 5) is 2.45. The van der Waals surface area contributed by atoms with Crippen molar-refractivity contribution < 1.29 is 4.42 Å². The van der Waals surface area contributed by atoms with Crippen LogP contribution in [0.3, 0.4) is 0 Å². The summed E-state index contributed by atoms with van der Waals surface area (Å²) in [5.74, 6) is 0. The van der Waals surface area contributed by atoms with Crippen LogP contribution in [-0.4, -0.2) is 0 Å². The van der Waals surface area contributed by atoms with Crippen LogP contribution >= 0.6 is 0 Å². The molecule has 1 atom stereocenters. The topological polar surface area (TPSA) is 16.4 Å². The van der Waals surface area contributed by atoms with Gasteiger partial charge in [0.1, 0.15) is 5.58 Å². The highest BCUT2D eigenvalue weighted by molar-refractivity contribution is 6.10. The maximum absolute atomic E-state index is 6.91. The lowest BCUT2D eigenvalue weighted by Gasteiger charge is -2.35. The van der Waals surface area contributed by atoms with Gasteiger partial charge in [0, 0.05) is 27.6 Å². The minimum Gasteiger partial charge on any atom is -0.454 e. The Hall–Kier alpha value is -8.20. The molecule has 0 fully saturated rings. The van der Waals surface area contributed by atoms with Gasteiger partial charge >= 0.3 is 0 Å². The molecule has 1 aromatic heterocycles. The fraction of sp³-hybridized carbons (Fsp3) is 0.0476. The molecule has 65 heavy (non-hydrogen) atoms. The Bertz CT molecular complexity index is 3570. The Morgan fingerprint density at radius 2 is 0.892 bits per heavy atom. The highest BCUT2D eigenvalue weighted by Gasteiger charge is 2.47. The molecule has 11 aromatic rings. The molecule has 0 amide bonds. The average Bonchev–Trinajstić information content (AvgIpc) is 4.00. The average molecular weight is 830 g/mol. The van der Waals surface area contributed by atoms with Gasteiger partial charge in [0.05, 0.1) is 11.1 Å². The lowest BCUT2D eigenvalue weighted by molar-refractivity contribution is 0.669. The predicted octanol–water partition coefficient (Wildman–Crippen LogP) is 16.4. The highest BCUT2D eigenvalue weighted by atomic mass is 16.3. The van der Waals surface area contributed by atoms with Crippen molar-refractivity contribution in [3.63, 3.8) is 0 Å². The van der Waals surface area contributed by atoms with Crippen LogP contribution in [0.2, 0.25) is 0 Å². The Morgan fingerprint density at radius 1 is 0.369 bits per heavy atom. The van der Waals surface area contributed by atoms with Crippen molar-refractivity contribution in [2.24, 2.45) is 0 Å². The molecule has 0 aliphatic heterocycles. The molecule has 10 aromatic carbocycles. The molecule has 2 heteroatoms. The molecule has 0 saturated carbocycles. The van der Waals surface area contributed by atoms with Gasteiger partial charge in [-0.1, -0.05) is 206 Å². The Balaban J connectivity index is 1.11. The van der Waals surface area contributed by atoms with Crippen molar-refractivity contribution in [1.82, 2.24) is 0 Å². The normalized spacial score (nSPS) is 15.3. The number of hydrogen-bond donors (Lipinski definition) is 0. The van der Waals surface area contributed by atoms with Crippen LogP contribution in [0.1, 0.15) is 45.9 Å². The summed E-state index contributed by atoms with van der Waals surface area (Å²) in [7, 11) is 0. The highest BCUT2D eigenvalue weighted by Crippen LogP contribution is 2.59.